The summed E-state index contributed by atoms with van der Waals surface area (Å²) in [6.07, 6.45) is 7.44. The van der Waals surface area contributed by atoms with Crippen molar-refractivity contribution in [1.82, 2.24) is 9.55 Å². The standard InChI is InChI=1S/C16H13N3O2.CH4/c1-18-10-15(12-5-7-17-8-6-12)16(11-18)13-3-2-4-14(9-13)19(20)21;/h2-11H,1H3;1H4. The van der Waals surface area contributed by atoms with Crippen molar-refractivity contribution >= 4 is 5.69 Å². The summed E-state index contributed by atoms with van der Waals surface area (Å²) >= 11 is 0. The van der Waals surface area contributed by atoms with Crippen LogP contribution in [0.5, 0.6) is 0 Å². The molecule has 0 atom stereocenters. The molecule has 0 spiro atoms. The average Bonchev–Trinajstić information content (AvgIpc) is 2.90. The number of hydrogen-bond acceptors (Lipinski definition) is 3. The number of aryl methyl sites for hydroxylation is 1. The van der Waals surface area contributed by atoms with Crippen molar-refractivity contribution in [3.8, 4) is 22.3 Å². The maximum atomic E-state index is 10.9. The van der Waals surface area contributed by atoms with E-state index in [0.717, 1.165) is 22.3 Å². The molecule has 1 aromatic carbocycles. The van der Waals surface area contributed by atoms with Gasteiger partial charge >= 0.3 is 0 Å². The second-order valence-corrected chi connectivity index (χ2v) is 4.79. The van der Waals surface area contributed by atoms with E-state index in [4.69, 9.17) is 0 Å². The summed E-state index contributed by atoms with van der Waals surface area (Å²) in [6, 6.07) is 10.5. The summed E-state index contributed by atoms with van der Waals surface area (Å²) in [5.74, 6) is 0. The molecule has 0 bridgehead atoms. The molecular weight excluding hydrogens is 278 g/mol. The van der Waals surface area contributed by atoms with E-state index in [9.17, 15) is 10.1 Å². The average molecular weight is 295 g/mol. The SMILES string of the molecule is C.Cn1cc(-c2ccncc2)c(-c2cccc([N+](=O)[O-])c2)c1. The maximum absolute atomic E-state index is 10.9. The van der Waals surface area contributed by atoms with Crippen molar-refractivity contribution < 1.29 is 4.92 Å². The van der Waals surface area contributed by atoms with Crippen molar-refractivity contribution in [2.24, 2.45) is 7.05 Å². The van der Waals surface area contributed by atoms with Crippen LogP contribution in [0.1, 0.15) is 7.43 Å². The predicted octanol–water partition coefficient (Wildman–Crippen LogP) is 4.30. The molecule has 0 amide bonds. The van der Waals surface area contributed by atoms with Gasteiger partial charge in [0.05, 0.1) is 4.92 Å². The van der Waals surface area contributed by atoms with Crippen LogP contribution in [-0.2, 0) is 7.05 Å². The molecule has 0 N–H and O–H groups in total. The fraction of sp³-hybridized carbons (Fsp3) is 0.118. The van der Waals surface area contributed by atoms with Gasteiger partial charge in [-0.05, 0) is 23.3 Å². The van der Waals surface area contributed by atoms with Gasteiger partial charge < -0.3 is 4.57 Å². The van der Waals surface area contributed by atoms with Gasteiger partial charge in [0.15, 0.2) is 0 Å². The third-order valence-electron chi connectivity index (χ3n) is 3.31. The van der Waals surface area contributed by atoms with Gasteiger partial charge in [-0.2, -0.15) is 0 Å². The minimum absolute atomic E-state index is 0. The molecule has 22 heavy (non-hydrogen) atoms. The Bertz CT molecular complexity index is 795. The molecular formula is C17H17N3O2. The van der Waals surface area contributed by atoms with Crippen molar-refractivity contribution in [1.29, 1.82) is 0 Å². The summed E-state index contributed by atoms with van der Waals surface area (Å²) in [5, 5.41) is 10.9. The molecule has 0 saturated carbocycles. The predicted molar refractivity (Wildman–Crippen MR) is 87.5 cm³/mol. The maximum Gasteiger partial charge on any atom is 0.270 e. The molecule has 5 nitrogen and oxygen atoms in total. The Morgan fingerprint density at radius 2 is 1.68 bits per heavy atom. The quantitative estimate of drug-likeness (QED) is 0.534. The van der Waals surface area contributed by atoms with Crippen LogP contribution < -0.4 is 0 Å². The van der Waals surface area contributed by atoms with Crippen LogP contribution in [0.3, 0.4) is 0 Å². The number of rotatable bonds is 3. The molecule has 0 saturated heterocycles. The molecule has 0 fully saturated rings. The summed E-state index contributed by atoms with van der Waals surface area (Å²) < 4.78 is 1.95. The minimum Gasteiger partial charge on any atom is -0.356 e. The molecule has 3 aromatic rings. The summed E-state index contributed by atoms with van der Waals surface area (Å²) in [6.45, 7) is 0. The monoisotopic (exact) mass is 295 g/mol. The Kier molecular flexibility index (Phi) is 4.36. The fourth-order valence-electron chi connectivity index (χ4n) is 2.36. The number of nitro benzene ring substituents is 1. The topological polar surface area (TPSA) is 61.0 Å². The van der Waals surface area contributed by atoms with E-state index in [2.05, 4.69) is 4.98 Å². The highest BCUT2D eigenvalue weighted by Crippen LogP contribution is 2.33. The van der Waals surface area contributed by atoms with E-state index >= 15 is 0 Å². The van der Waals surface area contributed by atoms with Crippen LogP contribution in [0.25, 0.3) is 22.3 Å². The number of nitro groups is 1. The molecule has 112 valence electrons. The second kappa shape index (κ2) is 6.22. The molecule has 0 aliphatic heterocycles. The Morgan fingerprint density at radius 1 is 1.05 bits per heavy atom. The second-order valence-electron chi connectivity index (χ2n) is 4.79. The first kappa shape index (κ1) is 15.4. The zero-order chi connectivity index (χ0) is 14.8. The zero-order valence-corrected chi connectivity index (χ0v) is 11.4. The van der Waals surface area contributed by atoms with Crippen LogP contribution in [0.2, 0.25) is 0 Å². The first-order valence-corrected chi connectivity index (χ1v) is 6.46. The smallest absolute Gasteiger partial charge is 0.270 e. The highest BCUT2D eigenvalue weighted by molar-refractivity contribution is 5.83. The van der Waals surface area contributed by atoms with Crippen molar-refractivity contribution in [3.05, 3.63) is 71.3 Å². The van der Waals surface area contributed by atoms with E-state index in [0.29, 0.717) is 0 Å². The first-order chi connectivity index (χ1) is 10.1. The number of nitrogens with zero attached hydrogens (tertiary/aromatic N) is 3. The lowest BCUT2D eigenvalue weighted by Crippen LogP contribution is -1.88. The van der Waals surface area contributed by atoms with E-state index in [1.54, 1.807) is 24.5 Å². The lowest BCUT2D eigenvalue weighted by molar-refractivity contribution is -0.384. The number of hydrogen-bond donors (Lipinski definition) is 0. The fourth-order valence-corrected chi connectivity index (χ4v) is 2.36. The molecule has 3 rings (SSSR count). The van der Waals surface area contributed by atoms with E-state index in [-0.39, 0.29) is 18.0 Å². The highest BCUT2D eigenvalue weighted by Gasteiger charge is 2.13. The third-order valence-corrected chi connectivity index (χ3v) is 3.31. The third kappa shape index (κ3) is 2.88. The van der Waals surface area contributed by atoms with Gasteiger partial charge in [0, 0.05) is 55.1 Å². The zero-order valence-electron chi connectivity index (χ0n) is 11.4. The molecule has 5 heteroatoms. The Labute approximate surface area is 129 Å². The van der Waals surface area contributed by atoms with Crippen molar-refractivity contribution in [3.63, 3.8) is 0 Å². The number of benzene rings is 1. The van der Waals surface area contributed by atoms with Crippen LogP contribution in [-0.4, -0.2) is 14.5 Å². The van der Waals surface area contributed by atoms with Gasteiger partial charge in [-0.25, -0.2) is 0 Å². The normalized spacial score (nSPS) is 10.0. The number of aromatic nitrogens is 2. The highest BCUT2D eigenvalue weighted by atomic mass is 16.6. The van der Waals surface area contributed by atoms with Crippen LogP contribution >= 0.6 is 0 Å². The molecule has 0 unspecified atom stereocenters. The van der Waals surface area contributed by atoms with Gasteiger partial charge in [0.1, 0.15) is 0 Å². The number of pyridine rings is 1. The minimum atomic E-state index is -0.376. The van der Waals surface area contributed by atoms with E-state index in [1.807, 2.05) is 42.2 Å². The van der Waals surface area contributed by atoms with Crippen LogP contribution in [0, 0.1) is 10.1 Å². The Hall–Kier alpha value is -2.95. The van der Waals surface area contributed by atoms with Gasteiger partial charge in [0.2, 0.25) is 0 Å². The Balaban J connectivity index is 0.00000176. The summed E-state index contributed by atoms with van der Waals surface area (Å²) in [4.78, 5) is 14.6. The summed E-state index contributed by atoms with van der Waals surface area (Å²) in [7, 11) is 1.94. The van der Waals surface area contributed by atoms with Crippen LogP contribution in [0.4, 0.5) is 5.69 Å². The van der Waals surface area contributed by atoms with E-state index in [1.165, 1.54) is 6.07 Å². The number of non-ortho nitro benzene ring substituents is 1. The largest absolute Gasteiger partial charge is 0.356 e. The van der Waals surface area contributed by atoms with Crippen molar-refractivity contribution in [2.75, 3.05) is 0 Å². The van der Waals surface area contributed by atoms with Crippen molar-refractivity contribution in [2.45, 2.75) is 7.43 Å². The summed E-state index contributed by atoms with van der Waals surface area (Å²) in [5.41, 5.74) is 3.95. The molecule has 0 radical (unpaired) electrons. The lowest BCUT2D eigenvalue weighted by atomic mass is 10.00. The molecule has 2 aromatic heterocycles. The van der Waals surface area contributed by atoms with Gasteiger partial charge in [0.25, 0.3) is 5.69 Å². The van der Waals surface area contributed by atoms with Gasteiger partial charge in [-0.1, -0.05) is 19.6 Å². The molecule has 0 aliphatic rings. The Morgan fingerprint density at radius 3 is 2.32 bits per heavy atom. The van der Waals surface area contributed by atoms with Crippen LogP contribution in [0.15, 0.2) is 61.2 Å². The first-order valence-electron chi connectivity index (χ1n) is 6.46. The molecule has 0 aliphatic carbocycles. The lowest BCUT2D eigenvalue weighted by Gasteiger charge is -2.04. The molecule has 2 heterocycles. The van der Waals surface area contributed by atoms with E-state index < -0.39 is 0 Å². The van der Waals surface area contributed by atoms with Gasteiger partial charge in [-0.3, -0.25) is 15.1 Å². The van der Waals surface area contributed by atoms with Gasteiger partial charge in [-0.15, -0.1) is 0 Å².